The van der Waals surface area contributed by atoms with Crippen LogP contribution >= 0.6 is 0 Å². The highest BCUT2D eigenvalue weighted by molar-refractivity contribution is 5.69. The predicted molar refractivity (Wildman–Crippen MR) is 51.6 cm³/mol. The molecule has 1 aromatic heterocycles. The monoisotopic (exact) mass is 197 g/mol. The molecule has 0 saturated heterocycles. The second kappa shape index (κ2) is 5.39. The van der Waals surface area contributed by atoms with Crippen molar-refractivity contribution in [1.82, 2.24) is 14.6 Å². The predicted octanol–water partition coefficient (Wildman–Crippen LogP) is 0.180. The highest BCUT2D eigenvalue weighted by atomic mass is 16.7. The van der Waals surface area contributed by atoms with Crippen molar-refractivity contribution in [3.05, 3.63) is 18.7 Å². The van der Waals surface area contributed by atoms with Crippen LogP contribution in [0.5, 0.6) is 0 Å². The van der Waals surface area contributed by atoms with Gasteiger partial charge >= 0.3 is 5.97 Å². The van der Waals surface area contributed by atoms with Gasteiger partial charge in [-0.15, -0.1) is 0 Å². The molecule has 0 aliphatic rings. The largest absolute Gasteiger partial charge is 0.336 e. The molecule has 1 heterocycles. The van der Waals surface area contributed by atoms with Crippen molar-refractivity contribution in [1.29, 1.82) is 0 Å². The lowest BCUT2D eigenvalue weighted by Gasteiger charge is -2.08. The molecular weight excluding hydrogens is 182 g/mol. The van der Waals surface area contributed by atoms with Gasteiger partial charge in [0.1, 0.15) is 6.33 Å². The number of hydrogen-bond donors (Lipinski definition) is 0. The van der Waals surface area contributed by atoms with Crippen LogP contribution in [0.3, 0.4) is 0 Å². The van der Waals surface area contributed by atoms with Crippen LogP contribution in [-0.2, 0) is 4.79 Å². The minimum absolute atomic E-state index is 0.232. The maximum atomic E-state index is 11.2. The summed E-state index contributed by atoms with van der Waals surface area (Å²) in [7, 11) is 3.95. The summed E-state index contributed by atoms with van der Waals surface area (Å²) in [6.45, 7) is 0.888. The van der Waals surface area contributed by atoms with Gasteiger partial charge in [-0.05, 0) is 27.1 Å². The van der Waals surface area contributed by atoms with Crippen molar-refractivity contribution in [2.75, 3.05) is 20.6 Å². The Morgan fingerprint density at radius 2 is 2.36 bits per heavy atom. The number of imidazole rings is 1. The first kappa shape index (κ1) is 10.7. The quantitative estimate of drug-likeness (QED) is 0.675. The summed E-state index contributed by atoms with van der Waals surface area (Å²) < 4.78 is 1.30. The highest BCUT2D eigenvalue weighted by Gasteiger charge is 2.03. The summed E-state index contributed by atoms with van der Waals surface area (Å²) in [5.74, 6) is -0.232. The molecule has 0 radical (unpaired) electrons. The third-order valence-corrected chi connectivity index (χ3v) is 1.67. The second-order valence-electron chi connectivity index (χ2n) is 3.29. The Morgan fingerprint density at radius 3 is 2.93 bits per heavy atom. The van der Waals surface area contributed by atoms with Crippen LogP contribution < -0.4 is 4.84 Å². The molecule has 14 heavy (non-hydrogen) atoms. The lowest BCUT2D eigenvalue weighted by Crippen LogP contribution is -2.20. The maximum absolute atomic E-state index is 11.2. The normalized spacial score (nSPS) is 10.5. The maximum Gasteiger partial charge on any atom is 0.332 e. The first-order valence-corrected chi connectivity index (χ1v) is 4.52. The Morgan fingerprint density at radius 1 is 1.57 bits per heavy atom. The zero-order chi connectivity index (χ0) is 10.4. The van der Waals surface area contributed by atoms with Gasteiger partial charge in [-0.3, -0.25) is 0 Å². The van der Waals surface area contributed by atoms with Gasteiger partial charge in [0, 0.05) is 12.6 Å². The Balaban J connectivity index is 2.17. The molecule has 0 aromatic carbocycles. The molecule has 0 aliphatic carbocycles. The lowest BCUT2D eigenvalue weighted by molar-refractivity contribution is -0.144. The zero-order valence-electron chi connectivity index (χ0n) is 8.51. The van der Waals surface area contributed by atoms with Crippen molar-refractivity contribution in [3.8, 4) is 0 Å². The van der Waals surface area contributed by atoms with E-state index in [1.54, 1.807) is 12.4 Å². The van der Waals surface area contributed by atoms with E-state index in [2.05, 4.69) is 4.98 Å². The second-order valence-corrected chi connectivity index (χ2v) is 3.29. The summed E-state index contributed by atoms with van der Waals surface area (Å²) in [5.41, 5.74) is 0. The van der Waals surface area contributed by atoms with Crippen molar-refractivity contribution in [3.63, 3.8) is 0 Å². The van der Waals surface area contributed by atoms with Crippen molar-refractivity contribution >= 4 is 5.97 Å². The van der Waals surface area contributed by atoms with Gasteiger partial charge in [0.15, 0.2) is 0 Å². The highest BCUT2D eigenvalue weighted by Crippen LogP contribution is 1.92. The fourth-order valence-corrected chi connectivity index (χ4v) is 1.00. The molecule has 0 saturated carbocycles. The molecule has 1 rings (SSSR count). The van der Waals surface area contributed by atoms with Gasteiger partial charge < -0.3 is 9.74 Å². The van der Waals surface area contributed by atoms with Crippen LogP contribution in [0.15, 0.2) is 18.7 Å². The molecule has 0 bridgehead atoms. The number of rotatable bonds is 5. The van der Waals surface area contributed by atoms with Crippen molar-refractivity contribution in [2.24, 2.45) is 0 Å². The summed E-state index contributed by atoms with van der Waals surface area (Å²) >= 11 is 0. The van der Waals surface area contributed by atoms with E-state index in [1.165, 1.54) is 11.1 Å². The van der Waals surface area contributed by atoms with Crippen LogP contribution in [0.4, 0.5) is 0 Å². The molecule has 0 fully saturated rings. The first-order chi connectivity index (χ1) is 6.68. The summed E-state index contributed by atoms with van der Waals surface area (Å²) in [6.07, 6.45) is 5.83. The van der Waals surface area contributed by atoms with Crippen molar-refractivity contribution < 1.29 is 9.63 Å². The average molecular weight is 197 g/mol. The van der Waals surface area contributed by atoms with Crippen molar-refractivity contribution in [2.45, 2.75) is 12.8 Å². The Hall–Kier alpha value is -1.36. The number of nitrogens with zero attached hydrogens (tertiary/aromatic N) is 3. The first-order valence-electron chi connectivity index (χ1n) is 4.52. The van der Waals surface area contributed by atoms with Crippen LogP contribution in [-0.4, -0.2) is 41.2 Å². The average Bonchev–Trinajstić information content (AvgIpc) is 2.56. The van der Waals surface area contributed by atoms with E-state index < -0.39 is 0 Å². The summed E-state index contributed by atoms with van der Waals surface area (Å²) in [5, 5.41) is 0. The van der Waals surface area contributed by atoms with E-state index >= 15 is 0 Å². The van der Waals surface area contributed by atoms with Crippen LogP contribution in [0.25, 0.3) is 0 Å². The Kier molecular flexibility index (Phi) is 4.12. The van der Waals surface area contributed by atoms with E-state index in [1.807, 2.05) is 19.0 Å². The molecule has 78 valence electrons. The van der Waals surface area contributed by atoms with E-state index in [0.717, 1.165) is 13.0 Å². The molecular formula is C9H15N3O2. The third kappa shape index (κ3) is 4.04. The van der Waals surface area contributed by atoms with Crippen LogP contribution in [0.1, 0.15) is 12.8 Å². The fraction of sp³-hybridized carbons (Fsp3) is 0.556. The van der Waals surface area contributed by atoms with Crippen LogP contribution in [0, 0.1) is 0 Å². The van der Waals surface area contributed by atoms with E-state index in [-0.39, 0.29) is 5.97 Å². The number of carbonyl (C=O) groups is 1. The molecule has 0 atom stereocenters. The van der Waals surface area contributed by atoms with E-state index in [0.29, 0.717) is 6.42 Å². The minimum Gasteiger partial charge on any atom is -0.336 e. The molecule has 5 nitrogen and oxygen atoms in total. The van der Waals surface area contributed by atoms with Gasteiger partial charge in [0.05, 0.1) is 6.20 Å². The summed E-state index contributed by atoms with van der Waals surface area (Å²) in [6, 6.07) is 0. The molecule has 0 N–H and O–H groups in total. The third-order valence-electron chi connectivity index (χ3n) is 1.67. The Labute approximate surface area is 83.2 Å². The molecule has 0 spiro atoms. The fourth-order valence-electron chi connectivity index (χ4n) is 1.00. The number of aromatic nitrogens is 2. The number of hydrogen-bond acceptors (Lipinski definition) is 4. The van der Waals surface area contributed by atoms with E-state index in [9.17, 15) is 4.79 Å². The molecule has 5 heteroatoms. The molecule has 1 aromatic rings. The van der Waals surface area contributed by atoms with Gasteiger partial charge in [-0.25, -0.2) is 9.78 Å². The van der Waals surface area contributed by atoms with E-state index in [4.69, 9.17) is 4.84 Å². The molecule has 0 amide bonds. The number of carbonyl (C=O) groups excluding carboxylic acids is 1. The minimum atomic E-state index is -0.232. The van der Waals surface area contributed by atoms with Gasteiger partial charge in [0.2, 0.25) is 0 Å². The smallest absolute Gasteiger partial charge is 0.332 e. The van der Waals surface area contributed by atoms with Gasteiger partial charge in [-0.2, -0.15) is 4.73 Å². The summed E-state index contributed by atoms with van der Waals surface area (Å²) in [4.78, 5) is 21.9. The topological polar surface area (TPSA) is 47.4 Å². The van der Waals surface area contributed by atoms with Crippen LogP contribution in [0.2, 0.25) is 0 Å². The molecule has 0 unspecified atom stereocenters. The standard InChI is InChI=1S/C9H15N3O2/c1-11(2)6-3-4-9(13)14-12-7-5-10-8-12/h5,7-8H,3-4,6H2,1-2H3. The zero-order valence-corrected chi connectivity index (χ0v) is 8.51. The SMILES string of the molecule is CN(C)CCCC(=O)On1ccnc1. The van der Waals surface area contributed by atoms with Gasteiger partial charge in [-0.1, -0.05) is 0 Å². The van der Waals surface area contributed by atoms with Gasteiger partial charge in [0.25, 0.3) is 0 Å². The molecule has 0 aliphatic heterocycles. The lowest BCUT2D eigenvalue weighted by atomic mass is 10.3. The Bertz CT molecular complexity index is 270.